The molecule has 0 saturated carbocycles. The minimum absolute atomic E-state index is 0.315. The number of methoxy groups -OCH3 is 1. The lowest BCUT2D eigenvalue weighted by atomic mass is 10.1. The Morgan fingerprint density at radius 3 is 2.56 bits per heavy atom. The average molecular weight is 352 g/mol. The quantitative estimate of drug-likeness (QED) is 0.716. The molecule has 1 aromatic heterocycles. The highest BCUT2D eigenvalue weighted by atomic mass is 32.1. The molecule has 6 heteroatoms. The second kappa shape index (κ2) is 7.27. The second-order valence-corrected chi connectivity index (χ2v) is 6.51. The third kappa shape index (κ3) is 3.75. The van der Waals surface area contributed by atoms with Crippen LogP contribution < -0.4 is 5.32 Å². The van der Waals surface area contributed by atoms with Crippen molar-refractivity contribution in [1.29, 1.82) is 0 Å². The largest absolute Gasteiger partial charge is 0.465 e. The maximum Gasteiger partial charge on any atom is 0.337 e. The van der Waals surface area contributed by atoms with Crippen molar-refractivity contribution in [2.45, 2.75) is 6.92 Å². The number of nitrogens with one attached hydrogen (secondary N) is 1. The van der Waals surface area contributed by atoms with Crippen LogP contribution in [0.4, 0.5) is 5.69 Å². The molecule has 126 valence electrons. The maximum absolute atomic E-state index is 12.7. The van der Waals surface area contributed by atoms with Gasteiger partial charge in [0.25, 0.3) is 5.91 Å². The Labute approximate surface area is 149 Å². The number of thiazole rings is 1. The van der Waals surface area contributed by atoms with E-state index >= 15 is 0 Å². The van der Waals surface area contributed by atoms with Crippen molar-refractivity contribution in [3.05, 3.63) is 70.9 Å². The molecule has 0 aliphatic carbocycles. The second-order valence-electron chi connectivity index (χ2n) is 5.30. The highest BCUT2D eigenvalue weighted by Crippen LogP contribution is 2.30. The fourth-order valence-electron chi connectivity index (χ4n) is 2.40. The number of carbonyl (C=O) groups excluding carboxylic acids is 2. The molecule has 0 aliphatic rings. The van der Waals surface area contributed by atoms with Gasteiger partial charge in [-0.15, -0.1) is 11.3 Å². The number of aromatic nitrogens is 1. The van der Waals surface area contributed by atoms with Crippen LogP contribution in [0.5, 0.6) is 0 Å². The number of benzene rings is 2. The van der Waals surface area contributed by atoms with E-state index in [9.17, 15) is 9.59 Å². The Morgan fingerprint density at radius 1 is 1.08 bits per heavy atom. The van der Waals surface area contributed by atoms with Crippen LogP contribution in [-0.4, -0.2) is 24.0 Å². The minimum Gasteiger partial charge on any atom is -0.465 e. The normalized spacial score (nSPS) is 10.3. The number of rotatable bonds is 4. The molecule has 5 nitrogen and oxygen atoms in total. The molecule has 0 radical (unpaired) electrons. The smallest absolute Gasteiger partial charge is 0.337 e. The molecule has 0 bridgehead atoms. The monoisotopic (exact) mass is 352 g/mol. The molecule has 3 aromatic rings. The molecule has 1 heterocycles. The Balaban J connectivity index is 1.89. The summed E-state index contributed by atoms with van der Waals surface area (Å²) in [6, 6.07) is 16.3. The van der Waals surface area contributed by atoms with Crippen molar-refractivity contribution in [3.63, 3.8) is 0 Å². The zero-order chi connectivity index (χ0) is 17.8. The van der Waals surface area contributed by atoms with Crippen LogP contribution in [0.1, 0.15) is 25.9 Å². The number of carbonyl (C=O) groups is 2. The Morgan fingerprint density at radius 2 is 1.84 bits per heavy atom. The summed E-state index contributed by atoms with van der Waals surface area (Å²) in [6.45, 7) is 1.87. The van der Waals surface area contributed by atoms with Gasteiger partial charge in [0.05, 0.1) is 22.6 Å². The van der Waals surface area contributed by atoms with Crippen LogP contribution in [0.15, 0.2) is 54.6 Å². The van der Waals surface area contributed by atoms with Gasteiger partial charge in [0.2, 0.25) is 0 Å². The van der Waals surface area contributed by atoms with Gasteiger partial charge in [-0.25, -0.2) is 9.78 Å². The van der Waals surface area contributed by atoms with Crippen molar-refractivity contribution in [3.8, 4) is 10.4 Å². The molecular formula is C19H16N2O3S. The fraction of sp³-hybridized carbons (Fsp3) is 0.105. The highest BCUT2D eigenvalue weighted by molar-refractivity contribution is 7.15. The van der Waals surface area contributed by atoms with Crippen molar-refractivity contribution in [2.24, 2.45) is 0 Å². The molecule has 2 aromatic carbocycles. The number of ether oxygens (including phenoxy) is 1. The summed E-state index contributed by atoms with van der Waals surface area (Å²) in [7, 11) is 1.32. The Bertz CT molecular complexity index is 919. The molecule has 1 N–H and O–H groups in total. The molecule has 1 amide bonds. The number of hydrogen-bond donors (Lipinski definition) is 1. The van der Waals surface area contributed by atoms with Gasteiger partial charge in [-0.05, 0) is 30.7 Å². The van der Waals surface area contributed by atoms with Crippen LogP contribution in [0.2, 0.25) is 0 Å². The molecule has 25 heavy (non-hydrogen) atoms. The van der Waals surface area contributed by atoms with E-state index < -0.39 is 5.97 Å². The van der Waals surface area contributed by atoms with Crippen LogP contribution in [0.25, 0.3) is 10.4 Å². The van der Waals surface area contributed by atoms with Gasteiger partial charge in [0.1, 0.15) is 5.69 Å². The number of aryl methyl sites for hydroxylation is 1. The summed E-state index contributed by atoms with van der Waals surface area (Å²) >= 11 is 1.47. The summed E-state index contributed by atoms with van der Waals surface area (Å²) in [5.41, 5.74) is 2.20. The molecular weight excluding hydrogens is 336 g/mol. The van der Waals surface area contributed by atoms with Crippen molar-refractivity contribution >= 4 is 28.9 Å². The van der Waals surface area contributed by atoms with E-state index in [1.165, 1.54) is 18.4 Å². The van der Waals surface area contributed by atoms with Crippen molar-refractivity contribution < 1.29 is 14.3 Å². The first kappa shape index (κ1) is 16.9. The summed E-state index contributed by atoms with van der Waals surface area (Å²) < 4.78 is 4.70. The first-order valence-corrected chi connectivity index (χ1v) is 8.42. The van der Waals surface area contributed by atoms with Crippen molar-refractivity contribution in [2.75, 3.05) is 12.4 Å². The van der Waals surface area contributed by atoms with Crippen LogP contribution >= 0.6 is 11.3 Å². The first-order valence-electron chi connectivity index (χ1n) is 7.61. The molecule has 0 spiro atoms. The highest BCUT2D eigenvalue weighted by Gasteiger charge is 2.18. The predicted molar refractivity (Wildman–Crippen MR) is 98.0 cm³/mol. The van der Waals surface area contributed by atoms with Gasteiger partial charge >= 0.3 is 5.97 Å². The predicted octanol–water partition coefficient (Wildman–Crippen LogP) is 4.16. The summed E-state index contributed by atoms with van der Waals surface area (Å²) in [5.74, 6) is -0.768. The van der Waals surface area contributed by atoms with Crippen LogP contribution in [0.3, 0.4) is 0 Å². The van der Waals surface area contributed by atoms with E-state index in [-0.39, 0.29) is 5.91 Å². The molecule has 0 fully saturated rings. The number of hydrogen-bond acceptors (Lipinski definition) is 5. The SMILES string of the molecule is COC(=O)c1cccc(NC(=O)c2nc(C)sc2-c2ccccc2)c1. The molecule has 0 atom stereocenters. The molecule has 0 saturated heterocycles. The maximum atomic E-state index is 12.7. The first-order chi connectivity index (χ1) is 12.1. The number of esters is 1. The molecule has 0 unspecified atom stereocenters. The zero-order valence-electron chi connectivity index (χ0n) is 13.8. The summed E-state index contributed by atoms with van der Waals surface area (Å²) in [6.07, 6.45) is 0. The lowest BCUT2D eigenvalue weighted by Gasteiger charge is -2.07. The van der Waals surface area contributed by atoms with Gasteiger partial charge in [-0.1, -0.05) is 36.4 Å². The number of amides is 1. The summed E-state index contributed by atoms with van der Waals surface area (Å²) in [5, 5.41) is 3.61. The zero-order valence-corrected chi connectivity index (χ0v) is 14.6. The lowest BCUT2D eigenvalue weighted by Crippen LogP contribution is -2.14. The lowest BCUT2D eigenvalue weighted by molar-refractivity contribution is 0.0600. The Hall–Kier alpha value is -2.99. The average Bonchev–Trinajstić information content (AvgIpc) is 3.04. The van der Waals surface area contributed by atoms with Gasteiger partial charge < -0.3 is 10.1 Å². The summed E-state index contributed by atoms with van der Waals surface area (Å²) in [4.78, 5) is 29.5. The minimum atomic E-state index is -0.453. The van der Waals surface area contributed by atoms with E-state index in [4.69, 9.17) is 4.74 Å². The third-order valence-electron chi connectivity index (χ3n) is 3.53. The van der Waals surface area contributed by atoms with Crippen molar-refractivity contribution in [1.82, 2.24) is 4.98 Å². The van der Waals surface area contributed by atoms with Gasteiger partial charge in [-0.2, -0.15) is 0 Å². The third-order valence-corrected chi connectivity index (χ3v) is 4.55. The fourth-order valence-corrected chi connectivity index (χ4v) is 3.32. The van der Waals surface area contributed by atoms with Gasteiger partial charge in [-0.3, -0.25) is 4.79 Å². The molecule has 0 aliphatic heterocycles. The van der Waals surface area contributed by atoms with Gasteiger partial charge in [0, 0.05) is 5.69 Å². The molecule has 3 rings (SSSR count). The van der Waals surface area contributed by atoms with E-state index in [1.54, 1.807) is 24.3 Å². The number of nitrogens with zero attached hydrogens (tertiary/aromatic N) is 1. The van der Waals surface area contributed by atoms with Crippen LogP contribution in [-0.2, 0) is 4.74 Å². The topological polar surface area (TPSA) is 68.3 Å². The number of anilines is 1. The van der Waals surface area contributed by atoms with E-state index in [0.29, 0.717) is 16.9 Å². The van der Waals surface area contributed by atoms with E-state index in [0.717, 1.165) is 15.4 Å². The van der Waals surface area contributed by atoms with E-state index in [1.807, 2.05) is 37.3 Å². The van der Waals surface area contributed by atoms with Crippen LogP contribution in [0, 0.1) is 6.92 Å². The standard InChI is InChI=1S/C19H16N2O3S/c1-12-20-16(17(25-12)13-7-4-3-5-8-13)18(22)21-15-10-6-9-14(11-15)19(23)24-2/h3-11H,1-2H3,(H,21,22). The van der Waals surface area contributed by atoms with Gasteiger partial charge in [0.15, 0.2) is 0 Å². The Kier molecular flexibility index (Phi) is 4.90. The van der Waals surface area contributed by atoms with E-state index in [2.05, 4.69) is 10.3 Å².